The van der Waals surface area contributed by atoms with Crippen LogP contribution in [0.3, 0.4) is 0 Å². The highest BCUT2D eigenvalue weighted by atomic mass is 16.6. The summed E-state index contributed by atoms with van der Waals surface area (Å²) < 4.78 is 5.15. The van der Waals surface area contributed by atoms with E-state index in [9.17, 15) is 9.59 Å². The van der Waals surface area contributed by atoms with Crippen molar-refractivity contribution in [2.24, 2.45) is 10.7 Å². The highest BCUT2D eigenvalue weighted by Gasteiger charge is 2.18. The number of nitrogens with zero attached hydrogens (tertiary/aromatic N) is 1. The minimum absolute atomic E-state index is 0.0323. The molecule has 1 unspecified atom stereocenters. The summed E-state index contributed by atoms with van der Waals surface area (Å²) in [7, 11) is 0. The Morgan fingerprint density at radius 2 is 1.78 bits per heavy atom. The second-order valence-corrected chi connectivity index (χ2v) is 6.15. The second kappa shape index (κ2) is 11.8. The van der Waals surface area contributed by atoms with E-state index in [1.807, 2.05) is 0 Å². The number of carbonyl (C=O) groups is 2. The van der Waals surface area contributed by atoms with Gasteiger partial charge in [0.15, 0.2) is 6.29 Å². The van der Waals surface area contributed by atoms with Crippen molar-refractivity contribution in [2.75, 3.05) is 19.6 Å². The highest BCUT2D eigenvalue weighted by molar-refractivity contribution is 5.77. The zero-order valence-corrected chi connectivity index (χ0v) is 14.5. The zero-order valence-electron chi connectivity index (χ0n) is 14.5. The van der Waals surface area contributed by atoms with Crippen molar-refractivity contribution < 1.29 is 14.3 Å². The van der Waals surface area contributed by atoms with E-state index < -0.39 is 18.0 Å². The summed E-state index contributed by atoms with van der Waals surface area (Å²) in [4.78, 5) is 26.3. The Labute approximate surface area is 138 Å². The summed E-state index contributed by atoms with van der Waals surface area (Å²) >= 11 is 0. The molecule has 0 saturated carbocycles. The second-order valence-electron chi connectivity index (χ2n) is 6.15. The predicted octanol–water partition coefficient (Wildman–Crippen LogP) is 0.720. The molecule has 0 saturated heterocycles. The van der Waals surface area contributed by atoms with E-state index in [1.54, 1.807) is 20.8 Å². The molecule has 0 aromatic carbocycles. The number of alkyl carbamates (subject to hydrolysis) is 1. The van der Waals surface area contributed by atoms with Crippen molar-refractivity contribution >= 4 is 18.7 Å². The molecule has 0 aliphatic heterocycles. The number of amides is 2. The van der Waals surface area contributed by atoms with Gasteiger partial charge in [-0.3, -0.25) is 20.4 Å². The third kappa shape index (κ3) is 13.7. The number of nitrogens with one attached hydrogen (secondary N) is 3. The maximum atomic E-state index is 11.6. The molecule has 0 heterocycles. The van der Waals surface area contributed by atoms with Gasteiger partial charge >= 0.3 is 6.09 Å². The van der Waals surface area contributed by atoms with Gasteiger partial charge in [-0.25, -0.2) is 4.79 Å². The normalized spacial score (nSPS) is 12.3. The van der Waals surface area contributed by atoms with Gasteiger partial charge in [-0.2, -0.15) is 0 Å². The first-order chi connectivity index (χ1) is 10.8. The predicted molar refractivity (Wildman–Crippen MR) is 91.2 cm³/mol. The molecular formula is C15H31N5O3. The number of ether oxygens (including phenoxy) is 1. The topological polar surface area (TPSA) is 118 Å². The van der Waals surface area contributed by atoms with E-state index in [0.29, 0.717) is 13.1 Å². The molecule has 23 heavy (non-hydrogen) atoms. The molecule has 0 aliphatic carbocycles. The Morgan fingerprint density at radius 3 is 2.30 bits per heavy atom. The summed E-state index contributed by atoms with van der Waals surface area (Å²) in [6.07, 6.45) is 2.80. The van der Waals surface area contributed by atoms with Crippen LogP contribution in [0.15, 0.2) is 4.99 Å². The van der Waals surface area contributed by atoms with Crippen LogP contribution >= 0.6 is 0 Å². The van der Waals surface area contributed by atoms with Gasteiger partial charge in [-0.1, -0.05) is 12.8 Å². The minimum Gasteiger partial charge on any atom is -0.444 e. The molecule has 0 radical (unpaired) electrons. The standard InChI is InChI=1S/C15H31N5O3/c1-15(2,3)23-14(22)20-13(17-4)19-10-8-6-5-7-9-18-12(21)11-16/h13,19H,4-11,16H2,1-3H3,(H,18,21)(H,20,22). The van der Waals surface area contributed by atoms with E-state index in [-0.39, 0.29) is 12.5 Å². The SMILES string of the molecule is C=NC(NCCCCCCNC(=O)CN)NC(=O)OC(C)(C)C. The lowest BCUT2D eigenvalue weighted by atomic mass is 10.2. The molecule has 134 valence electrons. The fourth-order valence-electron chi connectivity index (χ4n) is 1.72. The van der Waals surface area contributed by atoms with Crippen LogP contribution < -0.4 is 21.7 Å². The Kier molecular flexibility index (Phi) is 11.0. The first kappa shape index (κ1) is 21.3. The lowest BCUT2D eigenvalue weighted by Crippen LogP contribution is -2.46. The first-order valence-electron chi connectivity index (χ1n) is 7.94. The third-order valence-corrected chi connectivity index (χ3v) is 2.78. The zero-order chi connectivity index (χ0) is 17.7. The fraction of sp³-hybridized carbons (Fsp3) is 0.800. The number of unbranched alkanes of at least 4 members (excludes halogenated alkanes) is 3. The largest absolute Gasteiger partial charge is 0.444 e. The van der Waals surface area contributed by atoms with E-state index in [2.05, 4.69) is 27.7 Å². The molecule has 0 aromatic rings. The van der Waals surface area contributed by atoms with Crippen LogP contribution in [-0.2, 0) is 9.53 Å². The number of rotatable bonds is 11. The monoisotopic (exact) mass is 329 g/mol. The summed E-state index contributed by atoms with van der Waals surface area (Å²) in [6, 6.07) is 0. The van der Waals surface area contributed by atoms with Gasteiger partial charge in [0.2, 0.25) is 5.91 Å². The molecule has 0 fully saturated rings. The van der Waals surface area contributed by atoms with Crippen molar-refractivity contribution in [3.8, 4) is 0 Å². The molecule has 8 nitrogen and oxygen atoms in total. The molecule has 0 aliphatic rings. The van der Waals surface area contributed by atoms with Gasteiger partial charge in [-0.15, -0.1) is 0 Å². The van der Waals surface area contributed by atoms with Crippen LogP contribution in [0, 0.1) is 0 Å². The van der Waals surface area contributed by atoms with Gasteiger partial charge in [0, 0.05) is 6.54 Å². The van der Waals surface area contributed by atoms with Crippen molar-refractivity contribution in [1.29, 1.82) is 0 Å². The molecule has 0 aromatic heterocycles. The number of carbonyl (C=O) groups excluding carboxylic acids is 2. The van der Waals surface area contributed by atoms with Crippen molar-refractivity contribution in [1.82, 2.24) is 16.0 Å². The van der Waals surface area contributed by atoms with Crippen molar-refractivity contribution in [3.63, 3.8) is 0 Å². The van der Waals surface area contributed by atoms with Crippen LogP contribution in [0.5, 0.6) is 0 Å². The fourth-order valence-corrected chi connectivity index (χ4v) is 1.72. The highest BCUT2D eigenvalue weighted by Crippen LogP contribution is 2.06. The Morgan fingerprint density at radius 1 is 1.17 bits per heavy atom. The molecule has 5 N–H and O–H groups in total. The number of hydrogen-bond donors (Lipinski definition) is 4. The molecule has 0 spiro atoms. The Balaban J connectivity index is 3.66. The molecule has 0 bridgehead atoms. The van der Waals surface area contributed by atoms with Crippen LogP contribution in [-0.4, -0.2) is 50.2 Å². The number of nitrogens with two attached hydrogens (primary N) is 1. The van der Waals surface area contributed by atoms with Gasteiger partial charge in [0.25, 0.3) is 0 Å². The Hall–Kier alpha value is -1.67. The molecule has 0 rings (SSSR count). The summed E-state index contributed by atoms with van der Waals surface area (Å²) in [5.74, 6) is -0.125. The van der Waals surface area contributed by atoms with Gasteiger partial charge < -0.3 is 15.8 Å². The lowest BCUT2D eigenvalue weighted by molar-refractivity contribution is -0.119. The summed E-state index contributed by atoms with van der Waals surface area (Å²) in [5.41, 5.74) is 4.64. The molecule has 8 heteroatoms. The third-order valence-electron chi connectivity index (χ3n) is 2.78. The van der Waals surface area contributed by atoms with Crippen LogP contribution in [0.25, 0.3) is 0 Å². The van der Waals surface area contributed by atoms with E-state index in [1.165, 1.54) is 0 Å². The van der Waals surface area contributed by atoms with Crippen LogP contribution in [0.2, 0.25) is 0 Å². The molecular weight excluding hydrogens is 298 g/mol. The van der Waals surface area contributed by atoms with E-state index >= 15 is 0 Å². The van der Waals surface area contributed by atoms with Crippen molar-refractivity contribution in [3.05, 3.63) is 0 Å². The average molecular weight is 329 g/mol. The number of hydrogen-bond acceptors (Lipinski definition) is 6. The van der Waals surface area contributed by atoms with E-state index in [0.717, 1.165) is 25.7 Å². The maximum absolute atomic E-state index is 11.6. The summed E-state index contributed by atoms with van der Waals surface area (Å²) in [6.45, 7) is 10.2. The molecule has 2 amide bonds. The minimum atomic E-state index is -0.561. The van der Waals surface area contributed by atoms with E-state index in [4.69, 9.17) is 10.5 Å². The van der Waals surface area contributed by atoms with Gasteiger partial charge in [0.05, 0.1) is 6.54 Å². The van der Waals surface area contributed by atoms with Gasteiger partial charge in [-0.05, 0) is 46.9 Å². The number of aliphatic imine (C=N–C) groups is 1. The van der Waals surface area contributed by atoms with Crippen LogP contribution in [0.1, 0.15) is 46.5 Å². The first-order valence-corrected chi connectivity index (χ1v) is 7.94. The maximum Gasteiger partial charge on any atom is 0.410 e. The van der Waals surface area contributed by atoms with Crippen molar-refractivity contribution in [2.45, 2.75) is 58.3 Å². The van der Waals surface area contributed by atoms with Gasteiger partial charge in [0.1, 0.15) is 5.60 Å². The van der Waals surface area contributed by atoms with Crippen LogP contribution in [0.4, 0.5) is 4.79 Å². The Bertz CT molecular complexity index is 369. The quantitative estimate of drug-likeness (QED) is 0.253. The lowest BCUT2D eigenvalue weighted by Gasteiger charge is -2.22. The smallest absolute Gasteiger partial charge is 0.410 e. The average Bonchev–Trinajstić information content (AvgIpc) is 2.46. The molecule has 1 atom stereocenters. The summed E-state index contributed by atoms with van der Waals surface area (Å²) in [5, 5.41) is 8.40.